The van der Waals surface area contributed by atoms with Crippen molar-refractivity contribution >= 4 is 11.7 Å². The molecule has 4 nitrogen and oxygen atoms in total. The van der Waals surface area contributed by atoms with Gasteiger partial charge in [-0.3, -0.25) is 4.79 Å². The highest BCUT2D eigenvalue weighted by molar-refractivity contribution is 5.93. The SMILES string of the molecule is CNc1cccc(C(=O)NC2(C)CCCCC2)n1. The van der Waals surface area contributed by atoms with E-state index in [0.717, 1.165) is 18.7 Å². The van der Waals surface area contributed by atoms with Crippen LogP contribution in [0.25, 0.3) is 0 Å². The second-order valence-corrected chi connectivity index (χ2v) is 5.23. The maximum Gasteiger partial charge on any atom is 0.270 e. The minimum atomic E-state index is -0.0727. The number of hydrogen-bond acceptors (Lipinski definition) is 3. The Balaban J connectivity index is 2.06. The summed E-state index contributed by atoms with van der Waals surface area (Å²) in [5.74, 6) is 0.646. The van der Waals surface area contributed by atoms with Crippen molar-refractivity contribution in [3.63, 3.8) is 0 Å². The van der Waals surface area contributed by atoms with E-state index in [2.05, 4.69) is 22.5 Å². The number of pyridine rings is 1. The Bertz CT molecular complexity index is 425. The van der Waals surface area contributed by atoms with Crippen LogP contribution in [0.4, 0.5) is 5.82 Å². The molecule has 0 unspecified atom stereocenters. The number of nitrogens with zero attached hydrogens (tertiary/aromatic N) is 1. The van der Waals surface area contributed by atoms with E-state index in [1.54, 1.807) is 13.1 Å². The van der Waals surface area contributed by atoms with Crippen molar-refractivity contribution in [1.29, 1.82) is 0 Å². The number of carbonyl (C=O) groups is 1. The molecule has 0 aromatic carbocycles. The first-order chi connectivity index (χ1) is 8.63. The number of amides is 1. The lowest BCUT2D eigenvalue weighted by atomic mass is 9.83. The summed E-state index contributed by atoms with van der Waals surface area (Å²) in [6, 6.07) is 5.44. The number of hydrogen-bond donors (Lipinski definition) is 2. The highest BCUT2D eigenvalue weighted by Crippen LogP contribution is 2.27. The van der Waals surface area contributed by atoms with Crippen LogP contribution < -0.4 is 10.6 Å². The van der Waals surface area contributed by atoms with Gasteiger partial charge in [-0.1, -0.05) is 25.3 Å². The Labute approximate surface area is 108 Å². The van der Waals surface area contributed by atoms with Crippen LogP contribution in [0.5, 0.6) is 0 Å². The van der Waals surface area contributed by atoms with E-state index in [-0.39, 0.29) is 11.4 Å². The Morgan fingerprint density at radius 1 is 1.28 bits per heavy atom. The summed E-state index contributed by atoms with van der Waals surface area (Å²) < 4.78 is 0. The zero-order chi connectivity index (χ0) is 13.0. The smallest absolute Gasteiger partial charge is 0.270 e. The molecule has 0 bridgehead atoms. The molecule has 2 N–H and O–H groups in total. The van der Waals surface area contributed by atoms with Crippen LogP contribution in [0.2, 0.25) is 0 Å². The average Bonchev–Trinajstić information content (AvgIpc) is 2.39. The van der Waals surface area contributed by atoms with Crippen molar-refractivity contribution in [2.45, 2.75) is 44.6 Å². The molecular weight excluding hydrogens is 226 g/mol. The lowest BCUT2D eigenvalue weighted by molar-refractivity contribution is 0.0877. The fourth-order valence-corrected chi connectivity index (χ4v) is 2.50. The highest BCUT2D eigenvalue weighted by atomic mass is 16.2. The van der Waals surface area contributed by atoms with Gasteiger partial charge in [-0.05, 0) is 31.9 Å². The third kappa shape index (κ3) is 3.00. The number of rotatable bonds is 3. The molecule has 1 fully saturated rings. The summed E-state index contributed by atoms with van der Waals surface area (Å²) >= 11 is 0. The second-order valence-electron chi connectivity index (χ2n) is 5.23. The van der Waals surface area contributed by atoms with E-state index < -0.39 is 0 Å². The number of aromatic nitrogens is 1. The summed E-state index contributed by atoms with van der Waals surface area (Å²) in [4.78, 5) is 16.4. The standard InChI is InChI=1S/C14H21N3O/c1-14(9-4-3-5-10-14)17-13(18)11-7-6-8-12(15-2)16-11/h6-8H,3-5,9-10H2,1-2H3,(H,15,16)(H,17,18). The molecule has 2 rings (SSSR count). The van der Waals surface area contributed by atoms with E-state index in [1.807, 2.05) is 12.1 Å². The fourth-order valence-electron chi connectivity index (χ4n) is 2.50. The Hall–Kier alpha value is -1.58. The van der Waals surface area contributed by atoms with Crippen LogP contribution in [0, 0.1) is 0 Å². The topological polar surface area (TPSA) is 54.0 Å². The van der Waals surface area contributed by atoms with Crippen LogP contribution in [-0.4, -0.2) is 23.5 Å². The van der Waals surface area contributed by atoms with Crippen molar-refractivity contribution in [1.82, 2.24) is 10.3 Å². The van der Waals surface area contributed by atoms with Crippen molar-refractivity contribution in [2.24, 2.45) is 0 Å². The van der Waals surface area contributed by atoms with E-state index in [0.29, 0.717) is 5.69 Å². The normalized spacial score (nSPS) is 18.1. The molecule has 1 aromatic heterocycles. The lowest BCUT2D eigenvalue weighted by Crippen LogP contribution is -2.47. The number of nitrogens with one attached hydrogen (secondary N) is 2. The van der Waals surface area contributed by atoms with Gasteiger partial charge in [-0.15, -0.1) is 0 Å². The number of anilines is 1. The van der Waals surface area contributed by atoms with Gasteiger partial charge in [0.25, 0.3) is 5.91 Å². The van der Waals surface area contributed by atoms with Gasteiger partial charge in [0, 0.05) is 12.6 Å². The van der Waals surface area contributed by atoms with Crippen LogP contribution in [0.1, 0.15) is 49.5 Å². The Morgan fingerprint density at radius 2 is 2.00 bits per heavy atom. The first-order valence-electron chi connectivity index (χ1n) is 6.60. The van der Waals surface area contributed by atoms with E-state index in [1.165, 1.54) is 19.3 Å². The minimum absolute atomic E-state index is 0.0628. The molecule has 0 radical (unpaired) electrons. The predicted octanol–water partition coefficient (Wildman–Crippen LogP) is 2.58. The average molecular weight is 247 g/mol. The largest absolute Gasteiger partial charge is 0.373 e. The maximum atomic E-state index is 12.2. The van der Waals surface area contributed by atoms with E-state index in [9.17, 15) is 4.79 Å². The molecule has 1 aliphatic rings. The van der Waals surface area contributed by atoms with E-state index in [4.69, 9.17) is 0 Å². The maximum absolute atomic E-state index is 12.2. The number of carbonyl (C=O) groups excluding carboxylic acids is 1. The first-order valence-corrected chi connectivity index (χ1v) is 6.60. The first kappa shape index (κ1) is 12.9. The van der Waals surface area contributed by atoms with Crippen molar-refractivity contribution in [3.05, 3.63) is 23.9 Å². The van der Waals surface area contributed by atoms with E-state index >= 15 is 0 Å². The summed E-state index contributed by atoms with van der Waals surface area (Å²) in [5.41, 5.74) is 0.417. The summed E-state index contributed by atoms with van der Waals surface area (Å²) in [6.07, 6.45) is 5.79. The Morgan fingerprint density at radius 3 is 2.67 bits per heavy atom. The molecule has 4 heteroatoms. The Kier molecular flexibility index (Phi) is 3.84. The third-order valence-corrected chi connectivity index (χ3v) is 3.61. The molecule has 1 saturated carbocycles. The lowest BCUT2D eigenvalue weighted by Gasteiger charge is -2.34. The summed E-state index contributed by atoms with van der Waals surface area (Å²) in [5, 5.41) is 6.08. The molecule has 0 saturated heterocycles. The van der Waals surface area contributed by atoms with Gasteiger partial charge >= 0.3 is 0 Å². The predicted molar refractivity (Wildman–Crippen MR) is 72.7 cm³/mol. The molecular formula is C14H21N3O. The molecule has 98 valence electrons. The molecule has 1 aliphatic carbocycles. The highest BCUT2D eigenvalue weighted by Gasteiger charge is 2.28. The zero-order valence-corrected chi connectivity index (χ0v) is 11.1. The third-order valence-electron chi connectivity index (χ3n) is 3.61. The fraction of sp³-hybridized carbons (Fsp3) is 0.571. The van der Waals surface area contributed by atoms with Gasteiger partial charge in [0.15, 0.2) is 0 Å². The van der Waals surface area contributed by atoms with Gasteiger partial charge in [0.1, 0.15) is 11.5 Å². The van der Waals surface area contributed by atoms with Crippen molar-refractivity contribution < 1.29 is 4.79 Å². The monoisotopic (exact) mass is 247 g/mol. The van der Waals surface area contributed by atoms with Gasteiger partial charge in [0.05, 0.1) is 0 Å². The molecule has 1 amide bonds. The molecule has 0 aliphatic heterocycles. The van der Waals surface area contributed by atoms with Gasteiger partial charge in [-0.2, -0.15) is 0 Å². The molecule has 1 aromatic rings. The van der Waals surface area contributed by atoms with Gasteiger partial charge in [-0.25, -0.2) is 4.98 Å². The molecule has 0 atom stereocenters. The molecule has 18 heavy (non-hydrogen) atoms. The van der Waals surface area contributed by atoms with Crippen LogP contribution in [-0.2, 0) is 0 Å². The second kappa shape index (κ2) is 5.38. The minimum Gasteiger partial charge on any atom is -0.373 e. The zero-order valence-electron chi connectivity index (χ0n) is 11.1. The van der Waals surface area contributed by atoms with Crippen LogP contribution in [0.3, 0.4) is 0 Å². The summed E-state index contributed by atoms with van der Waals surface area (Å²) in [7, 11) is 1.80. The van der Waals surface area contributed by atoms with Crippen LogP contribution >= 0.6 is 0 Å². The molecule has 1 heterocycles. The van der Waals surface area contributed by atoms with Crippen molar-refractivity contribution in [3.8, 4) is 0 Å². The molecule has 0 spiro atoms. The quantitative estimate of drug-likeness (QED) is 0.863. The van der Waals surface area contributed by atoms with Crippen LogP contribution in [0.15, 0.2) is 18.2 Å². The van der Waals surface area contributed by atoms with Gasteiger partial charge < -0.3 is 10.6 Å². The summed E-state index contributed by atoms with van der Waals surface area (Å²) in [6.45, 7) is 2.13. The van der Waals surface area contributed by atoms with Crippen molar-refractivity contribution in [2.75, 3.05) is 12.4 Å². The van der Waals surface area contributed by atoms with Gasteiger partial charge in [0.2, 0.25) is 0 Å².